The van der Waals surface area contributed by atoms with Crippen molar-refractivity contribution in [2.45, 2.75) is 12.2 Å². The van der Waals surface area contributed by atoms with Crippen LogP contribution in [0.3, 0.4) is 0 Å². The Morgan fingerprint density at radius 2 is 2.00 bits per heavy atom. The maximum Gasteiger partial charge on any atom is 0.419 e. The van der Waals surface area contributed by atoms with Crippen molar-refractivity contribution in [2.75, 3.05) is 0 Å². The summed E-state index contributed by atoms with van der Waals surface area (Å²) in [7, 11) is 0. The number of isocyanates is 1. The molecule has 1 aromatic carbocycles. The topological polar surface area (TPSA) is 53.2 Å². The molecule has 0 aliphatic rings. The van der Waals surface area contributed by atoms with Gasteiger partial charge in [-0.2, -0.15) is 23.4 Å². The molecule has 1 rings (SSSR count). The average Bonchev–Trinajstić information content (AvgIpc) is 2.25. The molecule has 0 radical (unpaired) electrons. The quantitative estimate of drug-likeness (QED) is 0.456. The summed E-state index contributed by atoms with van der Waals surface area (Å²) in [6.45, 7) is 0. The minimum absolute atomic E-state index is 0.218. The second-order valence-corrected chi connectivity index (χ2v) is 2.99. The fourth-order valence-corrected chi connectivity index (χ4v) is 1.16. The van der Waals surface area contributed by atoms with E-state index >= 15 is 0 Å². The fourth-order valence-electron chi connectivity index (χ4n) is 1.16. The molecule has 7 heteroatoms. The normalized spacial score (nSPS) is 12.4. The Morgan fingerprint density at radius 1 is 1.35 bits per heavy atom. The van der Waals surface area contributed by atoms with Crippen LogP contribution >= 0.6 is 0 Å². The highest BCUT2D eigenvalue weighted by atomic mass is 19.4. The van der Waals surface area contributed by atoms with Crippen LogP contribution in [0.15, 0.2) is 23.2 Å². The van der Waals surface area contributed by atoms with E-state index in [1.807, 2.05) is 0 Å². The van der Waals surface area contributed by atoms with Crippen molar-refractivity contribution in [1.29, 1.82) is 5.26 Å². The molecule has 1 aromatic rings. The van der Waals surface area contributed by atoms with Crippen molar-refractivity contribution in [3.8, 4) is 6.07 Å². The monoisotopic (exact) mass is 244 g/mol. The van der Waals surface area contributed by atoms with Crippen LogP contribution in [0, 0.1) is 17.1 Å². The highest BCUT2D eigenvalue weighted by molar-refractivity contribution is 5.39. The number of hydrogen-bond acceptors (Lipinski definition) is 3. The van der Waals surface area contributed by atoms with Gasteiger partial charge in [0.25, 0.3) is 0 Å². The molecule has 88 valence electrons. The van der Waals surface area contributed by atoms with Crippen LogP contribution in [-0.2, 0) is 11.0 Å². The van der Waals surface area contributed by atoms with E-state index in [1.54, 1.807) is 0 Å². The van der Waals surface area contributed by atoms with Crippen molar-refractivity contribution < 1.29 is 22.4 Å². The number of rotatable bonds is 2. The Hall–Kier alpha value is -2.19. The van der Waals surface area contributed by atoms with Gasteiger partial charge in [-0.1, -0.05) is 6.07 Å². The molecule has 0 saturated carbocycles. The van der Waals surface area contributed by atoms with Crippen molar-refractivity contribution in [3.05, 3.63) is 35.1 Å². The summed E-state index contributed by atoms with van der Waals surface area (Å²) in [5.74, 6) is -1.45. The predicted octanol–water partition coefficient (Wildman–Crippen LogP) is 2.74. The highest BCUT2D eigenvalue weighted by Gasteiger charge is 2.34. The number of nitriles is 1. The van der Waals surface area contributed by atoms with Crippen molar-refractivity contribution >= 4 is 6.08 Å². The lowest BCUT2D eigenvalue weighted by molar-refractivity contribution is -0.140. The van der Waals surface area contributed by atoms with Gasteiger partial charge in [0.2, 0.25) is 6.08 Å². The molecule has 0 aromatic heterocycles. The van der Waals surface area contributed by atoms with Crippen LogP contribution in [0.2, 0.25) is 0 Å². The molecule has 0 N–H and O–H groups in total. The summed E-state index contributed by atoms with van der Waals surface area (Å²) < 4.78 is 50.0. The Balaban J connectivity index is 3.31. The summed E-state index contributed by atoms with van der Waals surface area (Å²) in [5, 5.41) is 8.58. The Bertz CT molecular complexity index is 512. The zero-order chi connectivity index (χ0) is 13.1. The SMILES string of the molecule is N#CC(N=C=O)c1ccc(F)c(C(F)(F)F)c1. The first-order valence-electron chi connectivity index (χ1n) is 4.23. The van der Waals surface area contributed by atoms with Gasteiger partial charge in [0.05, 0.1) is 11.6 Å². The molecule has 0 amide bonds. The first-order chi connectivity index (χ1) is 7.90. The van der Waals surface area contributed by atoms with Gasteiger partial charge in [0.1, 0.15) is 5.82 Å². The van der Waals surface area contributed by atoms with Crippen LogP contribution in [0.5, 0.6) is 0 Å². The van der Waals surface area contributed by atoms with E-state index in [-0.39, 0.29) is 5.56 Å². The molecule has 1 atom stereocenters. The summed E-state index contributed by atoms with van der Waals surface area (Å²) in [6, 6.07) is 2.05. The third-order valence-corrected chi connectivity index (χ3v) is 1.92. The maximum absolute atomic E-state index is 12.9. The smallest absolute Gasteiger partial charge is 0.211 e. The largest absolute Gasteiger partial charge is 0.419 e. The number of alkyl halides is 3. The summed E-state index contributed by atoms with van der Waals surface area (Å²) in [5.41, 5.74) is -1.72. The summed E-state index contributed by atoms with van der Waals surface area (Å²) in [6.07, 6.45) is -3.80. The lowest BCUT2D eigenvalue weighted by atomic mass is 10.0. The number of halogens is 4. The second kappa shape index (κ2) is 4.76. The van der Waals surface area contributed by atoms with Gasteiger partial charge in [-0.05, 0) is 17.7 Å². The molecule has 0 spiro atoms. The average molecular weight is 244 g/mol. The molecular formula is C10H4F4N2O. The van der Waals surface area contributed by atoms with E-state index in [1.165, 1.54) is 6.07 Å². The number of aliphatic imine (C=N–C) groups is 1. The van der Waals surface area contributed by atoms with Gasteiger partial charge in [0.15, 0.2) is 6.04 Å². The molecule has 0 bridgehead atoms. The van der Waals surface area contributed by atoms with Crippen molar-refractivity contribution in [3.63, 3.8) is 0 Å². The first kappa shape index (κ1) is 12.9. The lowest BCUT2D eigenvalue weighted by Crippen LogP contribution is -2.09. The van der Waals surface area contributed by atoms with E-state index in [0.29, 0.717) is 12.1 Å². The molecule has 0 aliphatic carbocycles. The van der Waals surface area contributed by atoms with Gasteiger partial charge >= 0.3 is 6.18 Å². The van der Waals surface area contributed by atoms with Crippen LogP contribution in [0.1, 0.15) is 17.2 Å². The Kier molecular flexibility index (Phi) is 3.61. The number of nitrogens with zero attached hydrogens (tertiary/aromatic N) is 2. The lowest BCUT2D eigenvalue weighted by Gasteiger charge is -2.10. The number of benzene rings is 1. The van der Waals surface area contributed by atoms with E-state index in [4.69, 9.17) is 5.26 Å². The number of hydrogen-bond donors (Lipinski definition) is 0. The molecule has 0 aliphatic heterocycles. The Labute approximate surface area is 93.0 Å². The zero-order valence-corrected chi connectivity index (χ0v) is 8.12. The highest BCUT2D eigenvalue weighted by Crippen LogP contribution is 2.33. The summed E-state index contributed by atoms with van der Waals surface area (Å²) in [4.78, 5) is 13.0. The first-order valence-corrected chi connectivity index (χ1v) is 4.23. The van der Waals surface area contributed by atoms with Crippen LogP contribution < -0.4 is 0 Å². The van der Waals surface area contributed by atoms with Crippen LogP contribution in [0.4, 0.5) is 17.6 Å². The fraction of sp³-hybridized carbons (Fsp3) is 0.200. The van der Waals surface area contributed by atoms with E-state index in [0.717, 1.165) is 12.1 Å². The zero-order valence-electron chi connectivity index (χ0n) is 8.12. The minimum Gasteiger partial charge on any atom is -0.211 e. The van der Waals surface area contributed by atoms with Crippen LogP contribution in [-0.4, -0.2) is 6.08 Å². The molecule has 1 unspecified atom stereocenters. The molecular weight excluding hydrogens is 240 g/mol. The predicted molar refractivity (Wildman–Crippen MR) is 47.9 cm³/mol. The van der Waals surface area contributed by atoms with E-state index in [2.05, 4.69) is 4.99 Å². The third kappa shape index (κ3) is 2.89. The number of carbonyl (C=O) groups excluding carboxylic acids is 1. The minimum atomic E-state index is -4.87. The standard InChI is InChI=1S/C10H4F4N2O/c11-8-2-1-6(9(4-15)16-5-17)3-7(8)10(12,13)14/h1-3,9H. The van der Waals surface area contributed by atoms with Crippen molar-refractivity contribution in [2.24, 2.45) is 4.99 Å². The molecule has 3 nitrogen and oxygen atoms in total. The van der Waals surface area contributed by atoms with E-state index < -0.39 is 23.6 Å². The van der Waals surface area contributed by atoms with Gasteiger partial charge in [-0.3, -0.25) is 0 Å². The van der Waals surface area contributed by atoms with Crippen LogP contribution in [0.25, 0.3) is 0 Å². The van der Waals surface area contributed by atoms with Gasteiger partial charge in [-0.15, -0.1) is 0 Å². The van der Waals surface area contributed by atoms with Gasteiger partial charge in [0, 0.05) is 0 Å². The van der Waals surface area contributed by atoms with Gasteiger partial charge in [-0.25, -0.2) is 9.18 Å². The van der Waals surface area contributed by atoms with Gasteiger partial charge < -0.3 is 0 Å². The van der Waals surface area contributed by atoms with Crippen molar-refractivity contribution in [1.82, 2.24) is 0 Å². The molecule has 0 saturated heterocycles. The summed E-state index contributed by atoms with van der Waals surface area (Å²) >= 11 is 0. The van der Waals surface area contributed by atoms with E-state index in [9.17, 15) is 22.4 Å². The third-order valence-electron chi connectivity index (χ3n) is 1.92. The molecule has 0 fully saturated rings. The molecule has 17 heavy (non-hydrogen) atoms. The second-order valence-electron chi connectivity index (χ2n) is 2.99. The Morgan fingerprint density at radius 3 is 2.47 bits per heavy atom. The molecule has 0 heterocycles. The maximum atomic E-state index is 12.9.